The van der Waals surface area contributed by atoms with Crippen LogP contribution in [0.2, 0.25) is 0 Å². The molecule has 1 unspecified atom stereocenters. The summed E-state index contributed by atoms with van der Waals surface area (Å²) < 4.78 is 0. The molecule has 1 atom stereocenters. The standard InChI is InChI=1S/C14H21N3O/c1-3-11-7-4-5-10-17(11)14(18)12-8-6-9-13(15-2)16-12/h6,8-9,11H,3-5,7,10H2,1-2H3,(H,15,16). The molecule has 2 rings (SSSR count). The van der Waals surface area contributed by atoms with Gasteiger partial charge in [0.05, 0.1) is 0 Å². The van der Waals surface area contributed by atoms with Crippen LogP contribution >= 0.6 is 0 Å². The smallest absolute Gasteiger partial charge is 0.272 e. The number of piperidine rings is 1. The van der Waals surface area contributed by atoms with Crippen molar-refractivity contribution in [2.75, 3.05) is 18.9 Å². The van der Waals surface area contributed by atoms with Gasteiger partial charge in [-0.25, -0.2) is 4.98 Å². The SMILES string of the molecule is CCC1CCCCN1C(=O)c1cccc(NC)n1. The molecule has 4 nitrogen and oxygen atoms in total. The highest BCUT2D eigenvalue weighted by Crippen LogP contribution is 2.21. The molecule has 1 fully saturated rings. The summed E-state index contributed by atoms with van der Waals surface area (Å²) in [6.45, 7) is 3.01. The third-order valence-electron chi connectivity index (χ3n) is 3.58. The molecule has 0 bridgehead atoms. The number of carbonyl (C=O) groups is 1. The quantitative estimate of drug-likeness (QED) is 0.892. The summed E-state index contributed by atoms with van der Waals surface area (Å²) in [5, 5.41) is 2.97. The number of carbonyl (C=O) groups excluding carboxylic acids is 1. The molecule has 18 heavy (non-hydrogen) atoms. The number of rotatable bonds is 3. The number of hydrogen-bond acceptors (Lipinski definition) is 3. The van der Waals surface area contributed by atoms with Crippen LogP contribution in [0.5, 0.6) is 0 Å². The van der Waals surface area contributed by atoms with Crippen LogP contribution in [-0.4, -0.2) is 35.4 Å². The van der Waals surface area contributed by atoms with Gasteiger partial charge in [-0.1, -0.05) is 13.0 Å². The Bertz CT molecular complexity index is 419. The van der Waals surface area contributed by atoms with Crippen LogP contribution in [0.1, 0.15) is 43.1 Å². The number of nitrogens with zero attached hydrogens (tertiary/aromatic N) is 2. The van der Waals surface area contributed by atoms with Gasteiger partial charge in [-0.2, -0.15) is 0 Å². The Balaban J connectivity index is 2.18. The summed E-state index contributed by atoms with van der Waals surface area (Å²) in [5.41, 5.74) is 0.544. The Morgan fingerprint density at radius 2 is 2.33 bits per heavy atom. The number of nitrogens with one attached hydrogen (secondary N) is 1. The van der Waals surface area contributed by atoms with Gasteiger partial charge in [0, 0.05) is 19.6 Å². The van der Waals surface area contributed by atoms with E-state index in [0.29, 0.717) is 11.7 Å². The van der Waals surface area contributed by atoms with Crippen LogP contribution in [0.15, 0.2) is 18.2 Å². The van der Waals surface area contributed by atoms with Crippen molar-refractivity contribution in [1.82, 2.24) is 9.88 Å². The van der Waals surface area contributed by atoms with E-state index in [4.69, 9.17) is 0 Å². The van der Waals surface area contributed by atoms with Crippen LogP contribution in [0.3, 0.4) is 0 Å². The monoisotopic (exact) mass is 247 g/mol. The summed E-state index contributed by atoms with van der Waals surface area (Å²) in [6, 6.07) is 5.91. The highest BCUT2D eigenvalue weighted by Gasteiger charge is 2.26. The molecule has 1 saturated heterocycles. The first-order valence-corrected chi connectivity index (χ1v) is 6.72. The molecule has 2 heterocycles. The molecule has 0 saturated carbocycles. The van der Waals surface area contributed by atoms with E-state index in [-0.39, 0.29) is 5.91 Å². The maximum Gasteiger partial charge on any atom is 0.272 e. The number of likely N-dealkylation sites (tertiary alicyclic amines) is 1. The largest absolute Gasteiger partial charge is 0.373 e. The van der Waals surface area contributed by atoms with E-state index in [0.717, 1.165) is 31.6 Å². The van der Waals surface area contributed by atoms with E-state index in [1.807, 2.05) is 24.1 Å². The summed E-state index contributed by atoms with van der Waals surface area (Å²) in [7, 11) is 1.81. The summed E-state index contributed by atoms with van der Waals surface area (Å²) in [5.74, 6) is 0.810. The van der Waals surface area contributed by atoms with Crippen LogP contribution in [0.4, 0.5) is 5.82 Å². The molecule has 0 aliphatic carbocycles. The number of aromatic nitrogens is 1. The predicted molar refractivity (Wildman–Crippen MR) is 72.8 cm³/mol. The molecule has 1 aromatic rings. The third-order valence-corrected chi connectivity index (χ3v) is 3.58. The van der Waals surface area contributed by atoms with E-state index >= 15 is 0 Å². The lowest BCUT2D eigenvalue weighted by Gasteiger charge is -2.35. The van der Waals surface area contributed by atoms with Gasteiger partial charge in [-0.15, -0.1) is 0 Å². The van der Waals surface area contributed by atoms with Gasteiger partial charge >= 0.3 is 0 Å². The average Bonchev–Trinajstić information content (AvgIpc) is 2.46. The van der Waals surface area contributed by atoms with Crippen molar-refractivity contribution in [2.45, 2.75) is 38.6 Å². The summed E-state index contributed by atoms with van der Waals surface area (Å²) in [6.07, 6.45) is 4.48. The van der Waals surface area contributed by atoms with E-state index in [1.165, 1.54) is 6.42 Å². The van der Waals surface area contributed by atoms with Gasteiger partial charge in [0.1, 0.15) is 11.5 Å². The molecule has 0 spiro atoms. The molecule has 98 valence electrons. The number of amides is 1. The molecule has 1 amide bonds. The molecule has 0 radical (unpaired) electrons. The van der Waals surface area contributed by atoms with Crippen LogP contribution in [-0.2, 0) is 0 Å². The van der Waals surface area contributed by atoms with Gasteiger partial charge in [0.15, 0.2) is 0 Å². The minimum atomic E-state index is 0.0682. The van der Waals surface area contributed by atoms with Crippen molar-refractivity contribution in [3.63, 3.8) is 0 Å². The summed E-state index contributed by atoms with van der Waals surface area (Å²) in [4.78, 5) is 18.8. The minimum absolute atomic E-state index is 0.0682. The normalized spacial score (nSPS) is 19.7. The molecule has 1 aromatic heterocycles. The van der Waals surface area contributed by atoms with Crippen LogP contribution in [0, 0.1) is 0 Å². The first-order valence-electron chi connectivity index (χ1n) is 6.72. The fourth-order valence-corrected chi connectivity index (χ4v) is 2.53. The molecule has 1 aliphatic heterocycles. The zero-order valence-electron chi connectivity index (χ0n) is 11.1. The first-order chi connectivity index (χ1) is 8.76. The number of pyridine rings is 1. The van der Waals surface area contributed by atoms with E-state index in [9.17, 15) is 4.79 Å². The van der Waals surface area contributed by atoms with Crippen molar-refractivity contribution < 1.29 is 4.79 Å². The van der Waals surface area contributed by atoms with Crippen molar-refractivity contribution in [2.24, 2.45) is 0 Å². The molecule has 4 heteroatoms. The topological polar surface area (TPSA) is 45.2 Å². The van der Waals surface area contributed by atoms with Crippen molar-refractivity contribution >= 4 is 11.7 Å². The Morgan fingerprint density at radius 1 is 1.50 bits per heavy atom. The van der Waals surface area contributed by atoms with Gasteiger partial charge in [0.2, 0.25) is 0 Å². The molecule has 1 N–H and O–H groups in total. The lowest BCUT2D eigenvalue weighted by molar-refractivity contribution is 0.0602. The predicted octanol–water partition coefficient (Wildman–Crippen LogP) is 2.53. The first kappa shape index (κ1) is 12.9. The zero-order chi connectivity index (χ0) is 13.0. The van der Waals surface area contributed by atoms with Crippen molar-refractivity contribution in [1.29, 1.82) is 0 Å². The molecule has 1 aliphatic rings. The Hall–Kier alpha value is -1.58. The summed E-state index contributed by atoms with van der Waals surface area (Å²) >= 11 is 0. The maximum atomic E-state index is 12.5. The Morgan fingerprint density at radius 3 is 3.06 bits per heavy atom. The second-order valence-corrected chi connectivity index (χ2v) is 4.71. The second kappa shape index (κ2) is 5.85. The average molecular weight is 247 g/mol. The Labute approximate surface area is 108 Å². The van der Waals surface area contributed by atoms with Crippen molar-refractivity contribution in [3.05, 3.63) is 23.9 Å². The third kappa shape index (κ3) is 2.63. The minimum Gasteiger partial charge on any atom is -0.373 e. The second-order valence-electron chi connectivity index (χ2n) is 4.71. The molecular weight excluding hydrogens is 226 g/mol. The number of anilines is 1. The van der Waals surface area contributed by atoms with Gasteiger partial charge in [-0.05, 0) is 37.8 Å². The highest BCUT2D eigenvalue weighted by atomic mass is 16.2. The van der Waals surface area contributed by atoms with E-state index < -0.39 is 0 Å². The fourth-order valence-electron chi connectivity index (χ4n) is 2.53. The van der Waals surface area contributed by atoms with Crippen molar-refractivity contribution in [3.8, 4) is 0 Å². The van der Waals surface area contributed by atoms with Crippen LogP contribution < -0.4 is 5.32 Å². The molecular formula is C14H21N3O. The number of hydrogen-bond donors (Lipinski definition) is 1. The lowest BCUT2D eigenvalue weighted by Crippen LogP contribution is -2.43. The Kier molecular flexibility index (Phi) is 4.18. The van der Waals surface area contributed by atoms with Gasteiger partial charge in [-0.3, -0.25) is 4.79 Å². The van der Waals surface area contributed by atoms with E-state index in [1.54, 1.807) is 6.07 Å². The highest BCUT2D eigenvalue weighted by molar-refractivity contribution is 5.93. The zero-order valence-corrected chi connectivity index (χ0v) is 11.1. The maximum absolute atomic E-state index is 12.5. The molecule has 0 aromatic carbocycles. The fraction of sp³-hybridized carbons (Fsp3) is 0.571. The lowest BCUT2D eigenvalue weighted by atomic mass is 9.99. The van der Waals surface area contributed by atoms with E-state index in [2.05, 4.69) is 17.2 Å². The van der Waals surface area contributed by atoms with Gasteiger partial charge < -0.3 is 10.2 Å². The van der Waals surface area contributed by atoms with Gasteiger partial charge in [0.25, 0.3) is 5.91 Å². The van der Waals surface area contributed by atoms with Crippen LogP contribution in [0.25, 0.3) is 0 Å².